The largest absolute Gasteiger partial charge is 0.493 e. The number of carbonyl (C=O) groups is 1. The number of ether oxygens (including phenoxy) is 1. The molecule has 0 aliphatic rings. The van der Waals surface area contributed by atoms with Crippen molar-refractivity contribution in [3.8, 4) is 5.75 Å². The minimum Gasteiger partial charge on any atom is -0.493 e. The van der Waals surface area contributed by atoms with E-state index in [1.807, 2.05) is 45.0 Å². The first-order valence-corrected chi connectivity index (χ1v) is 7.50. The van der Waals surface area contributed by atoms with Crippen LogP contribution in [0.5, 0.6) is 5.75 Å². The summed E-state index contributed by atoms with van der Waals surface area (Å²) in [5.41, 5.74) is 2.18. The first-order valence-electron chi connectivity index (χ1n) is 6.68. The lowest BCUT2D eigenvalue weighted by Gasteiger charge is -2.05. The number of aryl methyl sites for hydroxylation is 3. The fourth-order valence-corrected chi connectivity index (χ4v) is 2.82. The monoisotopic (exact) mass is 289 g/mol. The highest BCUT2D eigenvalue weighted by Gasteiger charge is 2.09. The van der Waals surface area contributed by atoms with Gasteiger partial charge in [0.2, 0.25) is 0 Å². The number of ketones is 1. The van der Waals surface area contributed by atoms with Crippen molar-refractivity contribution < 1.29 is 9.53 Å². The van der Waals surface area contributed by atoms with Crippen LogP contribution in [0.3, 0.4) is 0 Å². The molecule has 20 heavy (non-hydrogen) atoms. The number of aromatic nitrogens is 1. The summed E-state index contributed by atoms with van der Waals surface area (Å²) in [7, 11) is 0. The third-order valence-electron chi connectivity index (χ3n) is 3.06. The summed E-state index contributed by atoms with van der Waals surface area (Å²) in [6, 6.07) is 7.85. The summed E-state index contributed by atoms with van der Waals surface area (Å²) in [5.74, 6) is 0.991. The molecule has 0 aliphatic carbocycles. The Kier molecular flexibility index (Phi) is 4.90. The van der Waals surface area contributed by atoms with Gasteiger partial charge in [-0.15, -0.1) is 11.3 Å². The van der Waals surface area contributed by atoms with Gasteiger partial charge in [0.15, 0.2) is 0 Å². The predicted octanol–water partition coefficient (Wildman–Crippen LogP) is 3.65. The zero-order chi connectivity index (χ0) is 14.5. The first kappa shape index (κ1) is 14.7. The van der Waals surface area contributed by atoms with Gasteiger partial charge in [0, 0.05) is 11.3 Å². The molecule has 1 aromatic heterocycles. The Bertz CT molecular complexity index is 585. The maximum Gasteiger partial charge on any atom is 0.143 e. The second-order valence-corrected chi connectivity index (χ2v) is 6.17. The highest BCUT2D eigenvalue weighted by molar-refractivity contribution is 7.11. The molecule has 0 saturated heterocycles. The molecule has 1 heterocycles. The molecule has 0 spiro atoms. The lowest BCUT2D eigenvalue weighted by Crippen LogP contribution is -2.08. The second-order valence-electron chi connectivity index (χ2n) is 4.88. The number of Topliss-reactive ketones (excluding diaryl/α,β-unsaturated/α-hetero) is 1. The number of benzene rings is 1. The quantitative estimate of drug-likeness (QED) is 0.815. The van der Waals surface area contributed by atoms with Crippen LogP contribution in [-0.2, 0) is 11.2 Å². The van der Waals surface area contributed by atoms with Crippen molar-refractivity contribution in [2.45, 2.75) is 33.6 Å². The van der Waals surface area contributed by atoms with Gasteiger partial charge in [-0.05, 0) is 38.5 Å². The Morgan fingerprint density at radius 2 is 2.10 bits per heavy atom. The van der Waals surface area contributed by atoms with Crippen molar-refractivity contribution in [1.29, 1.82) is 0 Å². The maximum absolute atomic E-state index is 11.9. The molecule has 0 bridgehead atoms. The minimum atomic E-state index is 0.173. The average Bonchev–Trinajstić information content (AvgIpc) is 2.68. The van der Waals surface area contributed by atoms with Gasteiger partial charge in [0.05, 0.1) is 18.7 Å². The van der Waals surface area contributed by atoms with E-state index in [0.29, 0.717) is 19.4 Å². The van der Waals surface area contributed by atoms with Crippen molar-refractivity contribution in [3.63, 3.8) is 0 Å². The van der Waals surface area contributed by atoms with E-state index >= 15 is 0 Å². The Balaban J connectivity index is 1.78. The number of nitrogens with zero attached hydrogens (tertiary/aromatic N) is 1. The molecule has 0 saturated carbocycles. The third-order valence-corrected chi connectivity index (χ3v) is 4.13. The Morgan fingerprint density at radius 3 is 2.75 bits per heavy atom. The van der Waals surface area contributed by atoms with Crippen LogP contribution in [-0.4, -0.2) is 17.4 Å². The third kappa shape index (κ3) is 4.17. The molecule has 0 amide bonds. The highest BCUT2D eigenvalue weighted by atomic mass is 32.1. The topological polar surface area (TPSA) is 39.2 Å². The molecule has 1 aromatic carbocycles. The van der Waals surface area contributed by atoms with E-state index in [4.69, 9.17) is 4.74 Å². The van der Waals surface area contributed by atoms with Crippen molar-refractivity contribution in [2.75, 3.05) is 6.61 Å². The maximum atomic E-state index is 11.9. The summed E-state index contributed by atoms with van der Waals surface area (Å²) < 4.78 is 5.59. The molecule has 4 heteroatoms. The molecular formula is C16H19NO2S. The number of rotatable bonds is 6. The predicted molar refractivity (Wildman–Crippen MR) is 81.6 cm³/mol. The Hall–Kier alpha value is -1.68. The molecule has 3 nitrogen and oxygen atoms in total. The molecule has 2 rings (SSSR count). The molecule has 0 N–H and O–H groups in total. The fourth-order valence-electron chi connectivity index (χ4n) is 1.86. The zero-order valence-electron chi connectivity index (χ0n) is 12.1. The van der Waals surface area contributed by atoms with Gasteiger partial charge < -0.3 is 4.74 Å². The summed E-state index contributed by atoms with van der Waals surface area (Å²) in [4.78, 5) is 17.4. The van der Waals surface area contributed by atoms with Crippen molar-refractivity contribution in [3.05, 3.63) is 45.4 Å². The summed E-state index contributed by atoms with van der Waals surface area (Å²) >= 11 is 1.60. The number of thiazole rings is 1. The van der Waals surface area contributed by atoms with Crippen molar-refractivity contribution >= 4 is 17.1 Å². The summed E-state index contributed by atoms with van der Waals surface area (Å²) in [5, 5.41) is 0.903. The van der Waals surface area contributed by atoms with Crippen LogP contribution >= 0.6 is 11.3 Å². The average molecular weight is 289 g/mol. The van der Waals surface area contributed by atoms with Crippen LogP contribution in [0.25, 0.3) is 0 Å². The molecule has 0 fully saturated rings. The van der Waals surface area contributed by atoms with E-state index in [0.717, 1.165) is 22.0 Å². The van der Waals surface area contributed by atoms with Gasteiger partial charge in [-0.25, -0.2) is 4.98 Å². The van der Waals surface area contributed by atoms with Crippen LogP contribution in [0, 0.1) is 20.8 Å². The van der Waals surface area contributed by atoms with E-state index < -0.39 is 0 Å². The first-order chi connectivity index (χ1) is 9.54. The molecule has 2 aromatic rings. The molecular weight excluding hydrogens is 270 g/mol. The van der Waals surface area contributed by atoms with Crippen LogP contribution in [0.2, 0.25) is 0 Å². The van der Waals surface area contributed by atoms with E-state index in [-0.39, 0.29) is 5.78 Å². The minimum absolute atomic E-state index is 0.173. The standard InChI is InChI=1S/C16H19NO2S/c1-11-5-4-6-15(9-11)19-8-7-14(18)10-16-17-12(2)13(3)20-16/h4-6,9H,7-8,10H2,1-3H3. The van der Waals surface area contributed by atoms with E-state index in [1.165, 1.54) is 4.88 Å². The smallest absolute Gasteiger partial charge is 0.143 e. The van der Waals surface area contributed by atoms with E-state index in [2.05, 4.69) is 4.98 Å². The molecule has 0 radical (unpaired) electrons. The lowest BCUT2D eigenvalue weighted by molar-refractivity contribution is -0.118. The van der Waals surface area contributed by atoms with Crippen LogP contribution in [0.4, 0.5) is 0 Å². The van der Waals surface area contributed by atoms with Gasteiger partial charge >= 0.3 is 0 Å². The fraction of sp³-hybridized carbons (Fsp3) is 0.375. The van der Waals surface area contributed by atoms with Crippen LogP contribution in [0.15, 0.2) is 24.3 Å². The van der Waals surface area contributed by atoms with Gasteiger partial charge in [-0.1, -0.05) is 12.1 Å². The second kappa shape index (κ2) is 6.66. The summed E-state index contributed by atoms with van der Waals surface area (Å²) in [6.07, 6.45) is 0.835. The van der Waals surface area contributed by atoms with E-state index in [9.17, 15) is 4.79 Å². The highest BCUT2D eigenvalue weighted by Crippen LogP contribution is 2.17. The van der Waals surface area contributed by atoms with Crippen LogP contribution < -0.4 is 4.74 Å². The molecule has 0 unspecified atom stereocenters. The van der Waals surface area contributed by atoms with Gasteiger partial charge in [-0.2, -0.15) is 0 Å². The number of carbonyl (C=O) groups excluding carboxylic acids is 1. The van der Waals surface area contributed by atoms with Crippen molar-refractivity contribution in [2.24, 2.45) is 0 Å². The zero-order valence-corrected chi connectivity index (χ0v) is 12.9. The SMILES string of the molecule is Cc1cccc(OCCC(=O)Cc2nc(C)c(C)s2)c1. The normalized spacial score (nSPS) is 10.6. The summed E-state index contributed by atoms with van der Waals surface area (Å²) in [6.45, 7) is 6.44. The molecule has 0 aliphatic heterocycles. The van der Waals surface area contributed by atoms with Gasteiger partial charge in [0.25, 0.3) is 0 Å². The lowest BCUT2D eigenvalue weighted by atomic mass is 10.2. The van der Waals surface area contributed by atoms with Gasteiger partial charge in [0.1, 0.15) is 16.5 Å². The van der Waals surface area contributed by atoms with E-state index in [1.54, 1.807) is 11.3 Å². The molecule has 106 valence electrons. The Labute approximate surface area is 123 Å². The number of hydrogen-bond acceptors (Lipinski definition) is 4. The number of hydrogen-bond donors (Lipinski definition) is 0. The van der Waals surface area contributed by atoms with Crippen molar-refractivity contribution in [1.82, 2.24) is 4.98 Å². The van der Waals surface area contributed by atoms with Gasteiger partial charge in [-0.3, -0.25) is 4.79 Å². The molecule has 0 atom stereocenters. The Morgan fingerprint density at radius 1 is 1.30 bits per heavy atom. The van der Waals surface area contributed by atoms with Crippen LogP contribution in [0.1, 0.15) is 27.6 Å².